The zero-order valence-corrected chi connectivity index (χ0v) is 28.1. The lowest BCUT2D eigenvalue weighted by molar-refractivity contribution is -0.252. The van der Waals surface area contributed by atoms with Gasteiger partial charge in [-0.25, -0.2) is 5.48 Å². The maximum Gasteiger partial charge on any atom is 0.243 e. The average Bonchev–Trinajstić information content (AvgIpc) is 3.14. The van der Waals surface area contributed by atoms with Gasteiger partial charge in [-0.1, -0.05) is 110 Å². The van der Waals surface area contributed by atoms with Crippen LogP contribution in [0.1, 0.15) is 78.7 Å². The van der Waals surface area contributed by atoms with Crippen molar-refractivity contribution in [1.82, 2.24) is 15.7 Å². The Bertz CT molecular complexity index is 1610. The van der Waals surface area contributed by atoms with Gasteiger partial charge in [-0.15, -0.1) is 0 Å². The number of aliphatic hydroxyl groups is 1. The minimum Gasteiger partial charge on any atom is -0.392 e. The van der Waals surface area contributed by atoms with Crippen LogP contribution in [-0.2, 0) is 38.8 Å². The minimum atomic E-state index is -0.548. The van der Waals surface area contributed by atoms with Crippen molar-refractivity contribution in [2.75, 3.05) is 13.6 Å². The summed E-state index contributed by atoms with van der Waals surface area (Å²) in [5.74, 6) is -0.443. The van der Waals surface area contributed by atoms with Gasteiger partial charge in [0, 0.05) is 44.5 Å². The molecule has 49 heavy (non-hydrogen) atoms. The van der Waals surface area contributed by atoms with Crippen molar-refractivity contribution in [2.24, 2.45) is 0 Å². The van der Waals surface area contributed by atoms with Crippen LogP contribution in [0.5, 0.6) is 0 Å². The van der Waals surface area contributed by atoms with Crippen LogP contribution in [0.4, 0.5) is 0 Å². The Morgan fingerprint density at radius 2 is 1.45 bits per heavy atom. The summed E-state index contributed by atoms with van der Waals surface area (Å²) < 4.78 is 13.2. The molecule has 0 aliphatic carbocycles. The molecule has 4 aromatic carbocycles. The summed E-state index contributed by atoms with van der Waals surface area (Å²) in [6.07, 6.45) is 2.62. The zero-order valence-electron chi connectivity index (χ0n) is 28.1. The zero-order chi connectivity index (χ0) is 34.4. The van der Waals surface area contributed by atoms with Crippen molar-refractivity contribution in [3.05, 3.63) is 131 Å². The summed E-state index contributed by atoms with van der Waals surface area (Å²) in [4.78, 5) is 25.9. The van der Waals surface area contributed by atoms with E-state index in [1.54, 1.807) is 5.48 Å². The molecule has 1 aliphatic rings. The van der Waals surface area contributed by atoms with E-state index in [4.69, 9.17) is 14.7 Å². The molecular formula is C40H47N3O6. The Balaban J connectivity index is 1.24. The monoisotopic (exact) mass is 665 g/mol. The number of rotatable bonds is 16. The van der Waals surface area contributed by atoms with Crippen LogP contribution in [0, 0.1) is 0 Å². The van der Waals surface area contributed by atoms with Crippen LogP contribution in [0.25, 0.3) is 11.1 Å². The molecule has 5 rings (SSSR count). The maximum atomic E-state index is 12.5. The number of unbranched alkanes of at least 4 members (excludes halogenated alkanes) is 2. The number of aliphatic hydroxyl groups excluding tert-OH is 1. The lowest BCUT2D eigenvalue weighted by Crippen LogP contribution is -2.37. The number of benzene rings is 4. The molecule has 0 unspecified atom stereocenters. The van der Waals surface area contributed by atoms with Gasteiger partial charge in [-0.05, 0) is 53.3 Å². The molecule has 0 bridgehead atoms. The Morgan fingerprint density at radius 3 is 2.16 bits per heavy atom. The van der Waals surface area contributed by atoms with Crippen molar-refractivity contribution in [2.45, 2.75) is 76.7 Å². The summed E-state index contributed by atoms with van der Waals surface area (Å²) in [6.45, 7) is 1.98. The van der Waals surface area contributed by atoms with E-state index in [1.807, 2.05) is 60.7 Å². The SMILES string of the molecule is CN(Cc1ccccc1)C[C@@H]1C[C@H](c2ccc(CO)cc2)O[C@H](c2ccc(-c3ccccc3CNC(=O)CCCCCC(=O)NO)cc2)O1. The number of nitrogens with zero attached hydrogens (tertiary/aromatic N) is 1. The number of nitrogens with one attached hydrogen (secondary N) is 2. The summed E-state index contributed by atoms with van der Waals surface area (Å²) >= 11 is 0. The number of carbonyl (C=O) groups is 2. The van der Waals surface area contributed by atoms with Gasteiger partial charge in [0.05, 0.1) is 18.8 Å². The highest BCUT2D eigenvalue weighted by Gasteiger charge is 2.33. The second kappa shape index (κ2) is 18.4. The van der Waals surface area contributed by atoms with Crippen LogP contribution < -0.4 is 10.8 Å². The van der Waals surface area contributed by atoms with Gasteiger partial charge in [0.2, 0.25) is 11.8 Å². The van der Waals surface area contributed by atoms with Crippen molar-refractivity contribution >= 4 is 11.8 Å². The second-order valence-electron chi connectivity index (χ2n) is 12.7. The molecule has 0 radical (unpaired) electrons. The molecule has 0 saturated carbocycles. The van der Waals surface area contributed by atoms with Crippen LogP contribution in [0.2, 0.25) is 0 Å². The molecule has 9 nitrogen and oxygen atoms in total. The molecule has 3 atom stereocenters. The van der Waals surface area contributed by atoms with Crippen molar-refractivity contribution in [3.63, 3.8) is 0 Å². The highest BCUT2D eigenvalue weighted by molar-refractivity contribution is 5.76. The molecule has 9 heteroatoms. The quantitative estimate of drug-likeness (QED) is 0.0605. The lowest BCUT2D eigenvalue weighted by Gasteiger charge is -2.38. The summed E-state index contributed by atoms with van der Waals surface area (Å²) in [5, 5.41) is 21.2. The summed E-state index contributed by atoms with van der Waals surface area (Å²) in [6, 6.07) is 34.6. The van der Waals surface area contributed by atoms with Gasteiger partial charge in [-0.3, -0.25) is 19.7 Å². The standard InChI is InChI=1S/C40H47N3O6/c1-43(26-29-10-4-2-5-11-29)27-35-24-37(32-18-16-30(28-44)17-19-32)49-40(48-35)33-22-20-31(21-23-33)36-13-9-8-12-34(36)25-41-38(45)14-6-3-7-15-39(46)42-47/h2,4-5,8-13,16-23,35,37,40,44,47H,3,6-7,14-15,24-28H2,1H3,(H,41,45)(H,42,46)/t35-,37+,40+/m0/s1. The van der Waals surface area contributed by atoms with Crippen LogP contribution in [-0.4, -0.2) is 46.7 Å². The molecule has 0 aromatic heterocycles. The third-order valence-corrected chi connectivity index (χ3v) is 8.85. The van der Waals surface area contributed by atoms with Gasteiger partial charge >= 0.3 is 0 Å². The topological polar surface area (TPSA) is 120 Å². The van der Waals surface area contributed by atoms with Gasteiger partial charge in [0.25, 0.3) is 0 Å². The molecular weight excluding hydrogens is 618 g/mol. The molecule has 4 aromatic rings. The van der Waals surface area contributed by atoms with E-state index in [2.05, 4.69) is 59.7 Å². The molecule has 1 fully saturated rings. The molecule has 1 heterocycles. The first kappa shape index (κ1) is 35.9. The first-order valence-electron chi connectivity index (χ1n) is 17.0. The minimum absolute atomic E-state index is 0.00133. The predicted octanol–water partition coefficient (Wildman–Crippen LogP) is 6.60. The first-order valence-corrected chi connectivity index (χ1v) is 17.0. The molecule has 4 N–H and O–H groups in total. The van der Waals surface area contributed by atoms with E-state index in [-0.39, 0.29) is 31.1 Å². The molecule has 1 saturated heterocycles. The normalized spacial score (nSPS) is 17.5. The van der Waals surface area contributed by atoms with E-state index in [9.17, 15) is 14.7 Å². The fourth-order valence-electron chi connectivity index (χ4n) is 6.20. The summed E-state index contributed by atoms with van der Waals surface area (Å²) in [5.41, 5.74) is 8.82. The first-order chi connectivity index (χ1) is 23.9. The van der Waals surface area contributed by atoms with E-state index in [0.29, 0.717) is 32.2 Å². The largest absolute Gasteiger partial charge is 0.392 e. The number of hydrogen-bond donors (Lipinski definition) is 4. The van der Waals surface area contributed by atoms with Gasteiger partial charge in [-0.2, -0.15) is 0 Å². The number of carbonyl (C=O) groups excluding carboxylic acids is 2. The highest BCUT2D eigenvalue weighted by Crippen LogP contribution is 2.39. The molecule has 0 spiro atoms. The molecule has 1 aliphatic heterocycles. The summed E-state index contributed by atoms with van der Waals surface area (Å²) in [7, 11) is 2.11. The smallest absolute Gasteiger partial charge is 0.243 e. The van der Waals surface area contributed by atoms with Crippen molar-refractivity contribution in [1.29, 1.82) is 0 Å². The number of amides is 2. The van der Waals surface area contributed by atoms with Crippen LogP contribution >= 0.6 is 0 Å². The second-order valence-corrected chi connectivity index (χ2v) is 12.7. The van der Waals surface area contributed by atoms with Gasteiger partial charge in [0.15, 0.2) is 6.29 Å². The molecule has 2 amide bonds. The highest BCUT2D eigenvalue weighted by atomic mass is 16.7. The fraction of sp³-hybridized carbons (Fsp3) is 0.350. The number of ether oxygens (including phenoxy) is 2. The van der Waals surface area contributed by atoms with Crippen molar-refractivity contribution in [3.8, 4) is 11.1 Å². The van der Waals surface area contributed by atoms with E-state index < -0.39 is 12.2 Å². The fourth-order valence-corrected chi connectivity index (χ4v) is 6.20. The van der Waals surface area contributed by atoms with E-state index >= 15 is 0 Å². The average molecular weight is 666 g/mol. The third-order valence-electron chi connectivity index (χ3n) is 8.85. The van der Waals surface area contributed by atoms with Crippen LogP contribution in [0.15, 0.2) is 103 Å². The Kier molecular flexibility index (Phi) is 13.5. The number of hydrogen-bond acceptors (Lipinski definition) is 7. The van der Waals surface area contributed by atoms with Crippen molar-refractivity contribution < 1.29 is 29.4 Å². The molecule has 258 valence electrons. The lowest BCUT2D eigenvalue weighted by atomic mass is 9.97. The van der Waals surface area contributed by atoms with E-state index in [0.717, 1.165) is 52.9 Å². The van der Waals surface area contributed by atoms with Gasteiger partial charge in [0.1, 0.15) is 0 Å². The Labute approximate surface area is 288 Å². The van der Waals surface area contributed by atoms with Crippen LogP contribution in [0.3, 0.4) is 0 Å². The van der Waals surface area contributed by atoms with Gasteiger partial charge < -0.3 is 19.9 Å². The third kappa shape index (κ3) is 10.8. The predicted molar refractivity (Wildman–Crippen MR) is 188 cm³/mol. The number of hydroxylamine groups is 1. The Morgan fingerprint density at radius 1 is 0.776 bits per heavy atom. The van der Waals surface area contributed by atoms with E-state index in [1.165, 1.54) is 5.56 Å². The maximum absolute atomic E-state index is 12.5. The number of likely N-dealkylation sites (N-methyl/N-ethyl adjacent to an activating group) is 1. The Hall–Kier alpha value is -4.38.